The third-order valence-corrected chi connectivity index (χ3v) is 7.65. The van der Waals surface area contributed by atoms with Crippen LogP contribution in [0.15, 0.2) is 35.2 Å². The van der Waals surface area contributed by atoms with Crippen LogP contribution in [0.3, 0.4) is 0 Å². The van der Waals surface area contributed by atoms with Gasteiger partial charge in [-0.25, -0.2) is 17.2 Å². The summed E-state index contributed by atoms with van der Waals surface area (Å²) in [4.78, 5) is 12.3. The predicted molar refractivity (Wildman–Crippen MR) is 123 cm³/mol. The number of carbonyl (C=O) groups excluding carboxylic acids is 1. The second-order valence-corrected chi connectivity index (χ2v) is 10.8. The summed E-state index contributed by atoms with van der Waals surface area (Å²) in [5, 5.41) is 24.5. The van der Waals surface area contributed by atoms with E-state index in [-0.39, 0.29) is 54.3 Å². The van der Waals surface area contributed by atoms with Gasteiger partial charge in [0.1, 0.15) is 12.1 Å². The molecule has 7 nitrogen and oxygen atoms in total. The molecule has 1 aliphatic carbocycles. The molecule has 0 aromatic heterocycles. The number of fused-ring (bicyclic) bond motifs is 2. The van der Waals surface area contributed by atoms with Crippen molar-refractivity contribution in [2.24, 2.45) is 5.92 Å². The number of hydrogen-bond donors (Lipinski definition) is 2. The topological polar surface area (TPSA) is 123 Å². The summed E-state index contributed by atoms with van der Waals surface area (Å²) in [6.45, 7) is 0. The summed E-state index contributed by atoms with van der Waals surface area (Å²) in [5.74, 6) is -2.49. The summed E-state index contributed by atoms with van der Waals surface area (Å²) in [5.41, 5.74) is -0.276. The first-order valence-corrected chi connectivity index (χ1v) is 12.7. The maximum Gasteiger partial charge on any atom is 0.238 e. The number of sulfone groups is 1. The van der Waals surface area contributed by atoms with Crippen molar-refractivity contribution in [2.75, 3.05) is 6.26 Å². The SMILES string of the molecule is CS(=O)(=O)c1cc(-c2ccc(C[C@@H](C#N)NC(=O)[C@H]3NC4CCC3C4)c(F)c2F)ccc1C#N.[HH].[HH]. The molecule has 2 N–H and O–H groups in total. The molecule has 1 amide bonds. The van der Waals surface area contributed by atoms with Crippen molar-refractivity contribution >= 4 is 15.7 Å². The van der Waals surface area contributed by atoms with E-state index in [1.54, 1.807) is 6.07 Å². The van der Waals surface area contributed by atoms with Crippen molar-refractivity contribution in [1.29, 1.82) is 10.5 Å². The monoisotopic (exact) mass is 488 g/mol. The van der Waals surface area contributed by atoms with Crippen molar-refractivity contribution in [3.05, 3.63) is 53.1 Å². The zero-order chi connectivity index (χ0) is 24.6. The molecule has 2 aromatic carbocycles. The highest BCUT2D eigenvalue weighted by Gasteiger charge is 2.43. The molecule has 2 bridgehead atoms. The fourth-order valence-electron chi connectivity index (χ4n) is 4.82. The largest absolute Gasteiger partial charge is 0.339 e. The van der Waals surface area contributed by atoms with E-state index in [0.29, 0.717) is 6.04 Å². The molecule has 0 spiro atoms. The van der Waals surface area contributed by atoms with Gasteiger partial charge >= 0.3 is 0 Å². The Morgan fingerprint density at radius 2 is 2.00 bits per heavy atom. The second kappa shape index (κ2) is 9.13. The zero-order valence-electron chi connectivity index (χ0n) is 18.3. The third-order valence-electron chi connectivity index (χ3n) is 6.51. The Bertz CT molecular complexity index is 1360. The van der Waals surface area contributed by atoms with Gasteiger partial charge in [0.05, 0.1) is 22.6 Å². The van der Waals surface area contributed by atoms with Crippen LogP contribution in [0.25, 0.3) is 11.1 Å². The number of hydrogen-bond acceptors (Lipinski definition) is 6. The fourth-order valence-corrected chi connectivity index (χ4v) is 5.67. The Morgan fingerprint density at radius 1 is 1.24 bits per heavy atom. The molecule has 2 aromatic rings. The van der Waals surface area contributed by atoms with Gasteiger partial charge in [0, 0.05) is 27.1 Å². The zero-order valence-corrected chi connectivity index (χ0v) is 19.1. The van der Waals surface area contributed by atoms with Crippen LogP contribution >= 0.6 is 0 Å². The fraction of sp³-hybridized carbons (Fsp3) is 0.375. The van der Waals surface area contributed by atoms with Gasteiger partial charge in [-0.3, -0.25) is 4.79 Å². The van der Waals surface area contributed by atoms with E-state index in [9.17, 15) is 27.3 Å². The van der Waals surface area contributed by atoms with Crippen molar-refractivity contribution < 1.29 is 24.8 Å². The van der Waals surface area contributed by atoms with Gasteiger partial charge in [-0.05, 0) is 48.4 Å². The smallest absolute Gasteiger partial charge is 0.238 e. The molecule has 4 atom stereocenters. The number of nitriles is 2. The average molecular weight is 489 g/mol. The molecule has 1 saturated heterocycles. The molecule has 34 heavy (non-hydrogen) atoms. The number of carbonyl (C=O) groups is 1. The number of amides is 1. The summed E-state index contributed by atoms with van der Waals surface area (Å²) in [6, 6.07) is 8.90. The van der Waals surface area contributed by atoms with E-state index < -0.39 is 27.5 Å². The summed E-state index contributed by atoms with van der Waals surface area (Å²) >= 11 is 0. The van der Waals surface area contributed by atoms with E-state index in [2.05, 4.69) is 10.6 Å². The quantitative estimate of drug-likeness (QED) is 0.644. The van der Waals surface area contributed by atoms with Crippen LogP contribution in [-0.2, 0) is 21.1 Å². The van der Waals surface area contributed by atoms with E-state index in [4.69, 9.17) is 5.26 Å². The Balaban J connectivity index is 0.00000228. The van der Waals surface area contributed by atoms with Gasteiger partial charge in [0.25, 0.3) is 0 Å². The molecule has 1 saturated carbocycles. The van der Waals surface area contributed by atoms with Crippen LogP contribution in [0.4, 0.5) is 8.78 Å². The van der Waals surface area contributed by atoms with Gasteiger partial charge < -0.3 is 10.6 Å². The minimum Gasteiger partial charge on any atom is -0.339 e. The maximum absolute atomic E-state index is 15.0. The average Bonchev–Trinajstić information content (AvgIpc) is 3.44. The van der Waals surface area contributed by atoms with Crippen LogP contribution in [0, 0.1) is 40.2 Å². The van der Waals surface area contributed by atoms with Crippen LogP contribution in [0.1, 0.15) is 33.2 Å². The number of piperidine rings is 1. The Kier molecular flexibility index (Phi) is 6.39. The Morgan fingerprint density at radius 3 is 2.59 bits per heavy atom. The standard InChI is InChI=1S/C24H22F2N4O3S.2H2/c1-34(32,33)20-10-13(2-3-16(20)11-27)19-7-5-14(21(25)22(19)26)8-18(12-28)30-24(31)23-15-4-6-17(9-15)29-23;;/h2-3,5,7,10,15,17-18,23,29H,4,6,8-9H2,1H3,(H,30,31);2*1H/t15?,17?,18-,23-;;/m0../s1. The lowest BCUT2D eigenvalue weighted by Crippen LogP contribution is -2.50. The van der Waals surface area contributed by atoms with E-state index in [1.165, 1.54) is 24.3 Å². The van der Waals surface area contributed by atoms with E-state index in [1.807, 2.05) is 6.07 Å². The van der Waals surface area contributed by atoms with Gasteiger partial charge in [-0.15, -0.1) is 0 Å². The van der Waals surface area contributed by atoms with Gasteiger partial charge in [-0.2, -0.15) is 10.5 Å². The molecule has 10 heteroatoms. The minimum absolute atomic E-state index is 0. The van der Waals surface area contributed by atoms with E-state index >= 15 is 0 Å². The van der Waals surface area contributed by atoms with Gasteiger partial charge in [-0.1, -0.05) is 18.2 Å². The summed E-state index contributed by atoms with van der Waals surface area (Å²) < 4.78 is 53.8. The lowest BCUT2D eigenvalue weighted by Gasteiger charge is -2.23. The first kappa shape index (κ1) is 23.8. The molecule has 2 fully saturated rings. The highest BCUT2D eigenvalue weighted by atomic mass is 32.2. The minimum atomic E-state index is -3.77. The number of nitrogens with one attached hydrogen (secondary N) is 2. The Hall–Kier alpha value is -3.34. The van der Waals surface area contributed by atoms with Crippen LogP contribution in [0.2, 0.25) is 0 Å². The van der Waals surface area contributed by atoms with Crippen molar-refractivity contribution in [3.8, 4) is 23.3 Å². The van der Waals surface area contributed by atoms with Gasteiger partial charge in [0.2, 0.25) is 5.91 Å². The molecule has 1 aliphatic heterocycles. The molecule has 4 rings (SSSR count). The summed E-state index contributed by atoms with van der Waals surface area (Å²) in [6.07, 6.45) is 3.60. The van der Waals surface area contributed by atoms with Crippen molar-refractivity contribution in [3.63, 3.8) is 0 Å². The van der Waals surface area contributed by atoms with Crippen LogP contribution in [0.5, 0.6) is 0 Å². The molecule has 0 radical (unpaired) electrons. The number of nitrogens with zero attached hydrogens (tertiary/aromatic N) is 2. The number of halogens is 2. The van der Waals surface area contributed by atoms with E-state index in [0.717, 1.165) is 31.6 Å². The molecule has 2 unspecified atom stereocenters. The third kappa shape index (κ3) is 4.52. The molecular formula is C24H26F2N4O3S. The Labute approximate surface area is 199 Å². The highest BCUT2D eigenvalue weighted by Crippen LogP contribution is 2.35. The van der Waals surface area contributed by atoms with Crippen LogP contribution in [-0.4, -0.2) is 38.7 Å². The molecular weight excluding hydrogens is 462 g/mol. The normalized spacial score (nSPS) is 22.1. The van der Waals surface area contributed by atoms with Crippen LogP contribution < -0.4 is 10.6 Å². The predicted octanol–water partition coefficient (Wildman–Crippen LogP) is 3.09. The lowest BCUT2D eigenvalue weighted by molar-refractivity contribution is -0.124. The number of benzene rings is 2. The van der Waals surface area contributed by atoms with Gasteiger partial charge in [0.15, 0.2) is 21.5 Å². The first-order valence-electron chi connectivity index (χ1n) is 10.8. The molecule has 1 heterocycles. The molecule has 2 aliphatic rings. The van der Waals surface area contributed by atoms with Crippen molar-refractivity contribution in [1.82, 2.24) is 10.6 Å². The first-order chi connectivity index (χ1) is 16.1. The van der Waals surface area contributed by atoms with Crippen molar-refractivity contribution in [2.45, 2.75) is 48.7 Å². The maximum atomic E-state index is 15.0. The number of rotatable bonds is 6. The summed E-state index contributed by atoms with van der Waals surface area (Å²) in [7, 11) is -3.77. The molecule has 180 valence electrons. The second-order valence-electron chi connectivity index (χ2n) is 8.80. The highest BCUT2D eigenvalue weighted by molar-refractivity contribution is 7.90. The lowest BCUT2D eigenvalue weighted by atomic mass is 9.97.